The van der Waals surface area contributed by atoms with Crippen LogP contribution in [0.2, 0.25) is 0 Å². The number of halogens is 1. The molecule has 31 heavy (non-hydrogen) atoms. The zero-order chi connectivity index (χ0) is 21.6. The zero-order valence-corrected chi connectivity index (χ0v) is 17.3. The Morgan fingerprint density at radius 2 is 1.74 bits per heavy atom. The highest BCUT2D eigenvalue weighted by atomic mass is 19.1. The number of rotatable bonds is 8. The molecule has 4 aromatic rings. The van der Waals surface area contributed by atoms with Crippen LogP contribution in [0.3, 0.4) is 0 Å². The minimum absolute atomic E-state index is 0.205. The Hall–Kier alpha value is -3.65. The molecule has 7 nitrogen and oxygen atoms in total. The number of aromatic nitrogens is 5. The van der Waals surface area contributed by atoms with Crippen molar-refractivity contribution in [1.29, 1.82) is 0 Å². The number of ether oxygens (including phenoxy) is 2. The summed E-state index contributed by atoms with van der Waals surface area (Å²) in [5.74, 6) is 0.327. The average molecular weight is 419 g/mol. The first-order valence-electron chi connectivity index (χ1n) is 10.0. The molecule has 0 N–H and O–H groups in total. The highest BCUT2D eigenvalue weighted by molar-refractivity contribution is 5.76. The van der Waals surface area contributed by atoms with Crippen LogP contribution in [0, 0.1) is 5.82 Å². The summed E-state index contributed by atoms with van der Waals surface area (Å²) in [4.78, 5) is 8.79. The van der Waals surface area contributed by atoms with Crippen molar-refractivity contribution in [2.45, 2.75) is 27.0 Å². The molecule has 0 saturated heterocycles. The fourth-order valence-corrected chi connectivity index (χ4v) is 3.06. The standard InChI is InChI=1S/C23H22FN5O2/c1-3-16-5-11-19(12-6-16)31-23-25-14-13-20(26-23)22-21(17-7-9-18(24)10-8-17)27-28-29(22)15-30-4-2/h5-14H,3-4,15H2,1-2H3. The largest absolute Gasteiger partial charge is 0.424 e. The van der Waals surface area contributed by atoms with E-state index in [9.17, 15) is 4.39 Å². The molecule has 0 aliphatic carbocycles. The number of hydrogen-bond donors (Lipinski definition) is 0. The molecule has 0 bridgehead atoms. The van der Waals surface area contributed by atoms with Crippen molar-refractivity contribution in [1.82, 2.24) is 25.0 Å². The smallest absolute Gasteiger partial charge is 0.322 e. The van der Waals surface area contributed by atoms with Gasteiger partial charge in [0.15, 0.2) is 0 Å². The Bertz CT molecular complexity index is 1140. The fraction of sp³-hybridized carbons (Fsp3) is 0.217. The maximum atomic E-state index is 13.4. The van der Waals surface area contributed by atoms with Gasteiger partial charge >= 0.3 is 6.01 Å². The van der Waals surface area contributed by atoms with Gasteiger partial charge in [0, 0.05) is 18.4 Å². The van der Waals surface area contributed by atoms with Crippen LogP contribution in [0.5, 0.6) is 11.8 Å². The van der Waals surface area contributed by atoms with Crippen LogP contribution in [0.15, 0.2) is 60.8 Å². The Labute approximate surface area is 179 Å². The maximum Gasteiger partial charge on any atom is 0.322 e. The van der Waals surface area contributed by atoms with Gasteiger partial charge in [0.1, 0.15) is 29.7 Å². The molecule has 2 aromatic carbocycles. The normalized spacial score (nSPS) is 10.9. The van der Waals surface area contributed by atoms with E-state index in [0.29, 0.717) is 29.4 Å². The molecule has 158 valence electrons. The molecule has 0 atom stereocenters. The second-order valence-electron chi connectivity index (χ2n) is 6.74. The van der Waals surface area contributed by atoms with Gasteiger partial charge < -0.3 is 9.47 Å². The highest BCUT2D eigenvalue weighted by Gasteiger charge is 2.19. The van der Waals surface area contributed by atoms with Gasteiger partial charge in [-0.2, -0.15) is 4.98 Å². The lowest BCUT2D eigenvalue weighted by Gasteiger charge is -2.09. The number of aryl methyl sites for hydroxylation is 1. The third-order valence-corrected chi connectivity index (χ3v) is 4.69. The van der Waals surface area contributed by atoms with Crippen molar-refractivity contribution in [2.75, 3.05) is 6.61 Å². The molecule has 0 aliphatic rings. The quantitative estimate of drug-likeness (QED) is 0.405. The lowest BCUT2D eigenvalue weighted by molar-refractivity contribution is 0.0790. The van der Waals surface area contributed by atoms with E-state index in [0.717, 1.165) is 12.0 Å². The predicted octanol–water partition coefficient (Wildman–Crippen LogP) is 4.89. The Kier molecular flexibility index (Phi) is 6.28. The molecule has 0 fully saturated rings. The second kappa shape index (κ2) is 9.44. The lowest BCUT2D eigenvalue weighted by atomic mass is 10.1. The summed E-state index contributed by atoms with van der Waals surface area (Å²) >= 11 is 0. The molecule has 4 rings (SSSR count). The van der Waals surface area contributed by atoms with Crippen LogP contribution in [0.25, 0.3) is 22.6 Å². The molecule has 0 spiro atoms. The molecule has 0 radical (unpaired) electrons. The zero-order valence-electron chi connectivity index (χ0n) is 17.3. The van der Waals surface area contributed by atoms with Gasteiger partial charge in [-0.1, -0.05) is 24.3 Å². The number of nitrogens with zero attached hydrogens (tertiary/aromatic N) is 5. The van der Waals surface area contributed by atoms with Gasteiger partial charge in [-0.3, -0.25) is 0 Å². The average Bonchev–Trinajstić information content (AvgIpc) is 3.23. The van der Waals surface area contributed by atoms with E-state index in [1.165, 1.54) is 17.7 Å². The van der Waals surface area contributed by atoms with Crippen molar-refractivity contribution in [2.24, 2.45) is 0 Å². The van der Waals surface area contributed by atoms with Gasteiger partial charge in [0.25, 0.3) is 0 Å². The SMILES string of the molecule is CCOCn1nnc(-c2ccc(F)cc2)c1-c1ccnc(Oc2ccc(CC)cc2)n1. The second-order valence-corrected chi connectivity index (χ2v) is 6.74. The van der Waals surface area contributed by atoms with Crippen molar-refractivity contribution >= 4 is 0 Å². The van der Waals surface area contributed by atoms with Gasteiger partial charge in [-0.25, -0.2) is 14.1 Å². The Morgan fingerprint density at radius 3 is 2.45 bits per heavy atom. The third-order valence-electron chi connectivity index (χ3n) is 4.69. The molecular weight excluding hydrogens is 397 g/mol. The lowest BCUT2D eigenvalue weighted by Crippen LogP contribution is -2.07. The molecule has 2 aromatic heterocycles. The van der Waals surface area contributed by atoms with E-state index in [1.807, 2.05) is 31.2 Å². The summed E-state index contributed by atoms with van der Waals surface area (Å²) in [6.07, 6.45) is 2.57. The molecule has 8 heteroatoms. The van der Waals surface area contributed by atoms with E-state index >= 15 is 0 Å². The molecule has 0 aliphatic heterocycles. The van der Waals surface area contributed by atoms with Crippen LogP contribution in [-0.2, 0) is 17.9 Å². The van der Waals surface area contributed by atoms with E-state index in [2.05, 4.69) is 27.2 Å². The Balaban J connectivity index is 1.71. The fourth-order valence-electron chi connectivity index (χ4n) is 3.06. The minimum atomic E-state index is -0.321. The Morgan fingerprint density at radius 1 is 0.968 bits per heavy atom. The van der Waals surface area contributed by atoms with Gasteiger partial charge in [-0.05, 0) is 61.4 Å². The van der Waals surface area contributed by atoms with Gasteiger partial charge in [0.05, 0.1) is 5.69 Å². The van der Waals surface area contributed by atoms with Crippen LogP contribution in [0.4, 0.5) is 4.39 Å². The summed E-state index contributed by atoms with van der Waals surface area (Å²) in [5.41, 5.74) is 3.71. The van der Waals surface area contributed by atoms with E-state index in [1.54, 1.807) is 29.1 Å². The van der Waals surface area contributed by atoms with Gasteiger partial charge in [-0.15, -0.1) is 5.10 Å². The van der Waals surface area contributed by atoms with Crippen LogP contribution in [0.1, 0.15) is 19.4 Å². The summed E-state index contributed by atoms with van der Waals surface area (Å²) < 4.78 is 26.4. The van der Waals surface area contributed by atoms with E-state index in [4.69, 9.17) is 9.47 Å². The molecular formula is C23H22FN5O2. The monoisotopic (exact) mass is 419 g/mol. The minimum Gasteiger partial charge on any atom is -0.424 e. The molecule has 2 heterocycles. The van der Waals surface area contributed by atoms with E-state index in [-0.39, 0.29) is 18.6 Å². The topological polar surface area (TPSA) is 75.0 Å². The molecule has 0 unspecified atom stereocenters. The summed E-state index contributed by atoms with van der Waals surface area (Å²) in [6, 6.07) is 15.8. The van der Waals surface area contributed by atoms with Crippen LogP contribution in [-0.4, -0.2) is 31.6 Å². The first kappa shape index (κ1) is 20.6. The first-order valence-corrected chi connectivity index (χ1v) is 10.0. The van der Waals surface area contributed by atoms with Crippen molar-refractivity contribution in [3.05, 3.63) is 72.2 Å². The number of benzene rings is 2. The van der Waals surface area contributed by atoms with Crippen LogP contribution >= 0.6 is 0 Å². The van der Waals surface area contributed by atoms with Crippen LogP contribution < -0.4 is 4.74 Å². The predicted molar refractivity (Wildman–Crippen MR) is 114 cm³/mol. The molecule has 0 saturated carbocycles. The van der Waals surface area contributed by atoms with Crippen molar-refractivity contribution in [3.63, 3.8) is 0 Å². The summed E-state index contributed by atoms with van der Waals surface area (Å²) in [7, 11) is 0. The number of hydrogen-bond acceptors (Lipinski definition) is 6. The van der Waals surface area contributed by atoms with Crippen molar-refractivity contribution < 1.29 is 13.9 Å². The summed E-state index contributed by atoms with van der Waals surface area (Å²) in [5, 5.41) is 8.50. The van der Waals surface area contributed by atoms with Crippen molar-refractivity contribution in [3.8, 4) is 34.4 Å². The third kappa shape index (κ3) is 4.75. The van der Waals surface area contributed by atoms with E-state index < -0.39 is 0 Å². The summed E-state index contributed by atoms with van der Waals surface area (Å²) in [6.45, 7) is 4.73. The van der Waals surface area contributed by atoms with Gasteiger partial charge in [0.2, 0.25) is 0 Å². The highest BCUT2D eigenvalue weighted by Crippen LogP contribution is 2.30. The maximum absolute atomic E-state index is 13.4. The first-order chi connectivity index (χ1) is 15.2. The molecule has 0 amide bonds.